The summed E-state index contributed by atoms with van der Waals surface area (Å²) in [5.74, 6) is 0.397. The molecule has 1 fully saturated rings. The summed E-state index contributed by atoms with van der Waals surface area (Å²) in [6.45, 7) is 6.73. The summed E-state index contributed by atoms with van der Waals surface area (Å²) < 4.78 is 0. The van der Waals surface area contributed by atoms with Gasteiger partial charge in [-0.2, -0.15) is 0 Å². The van der Waals surface area contributed by atoms with Crippen LogP contribution in [0.2, 0.25) is 0 Å². The van der Waals surface area contributed by atoms with E-state index >= 15 is 0 Å². The summed E-state index contributed by atoms with van der Waals surface area (Å²) >= 11 is 0. The van der Waals surface area contributed by atoms with Crippen molar-refractivity contribution in [2.75, 3.05) is 0 Å². The highest BCUT2D eigenvalue weighted by Gasteiger charge is 2.37. The molecule has 2 rings (SSSR count). The summed E-state index contributed by atoms with van der Waals surface area (Å²) in [4.78, 5) is 24.6. The van der Waals surface area contributed by atoms with E-state index < -0.39 is 0 Å². The zero-order chi connectivity index (χ0) is 12.6. The topological polar surface area (TPSA) is 37.4 Å². The molecule has 0 spiro atoms. The number of nitrogens with zero attached hydrogens (tertiary/aromatic N) is 1. The maximum Gasteiger partial charge on any atom is 0.253 e. The van der Waals surface area contributed by atoms with Crippen LogP contribution in [0, 0.1) is 11.3 Å². The van der Waals surface area contributed by atoms with E-state index in [4.69, 9.17) is 0 Å². The second kappa shape index (κ2) is 4.28. The van der Waals surface area contributed by atoms with E-state index in [9.17, 15) is 9.59 Å². The van der Waals surface area contributed by atoms with Gasteiger partial charge in [-0.3, -0.25) is 14.5 Å². The molecule has 3 nitrogen and oxygen atoms in total. The standard InChI is InChI=1S/C14H21NO2/c1-14(2,3)9-10-4-5-11(8-10)15-12(16)6-7-13(15)17/h6-7,10-11H,4-5,8-9H2,1-3H3. The van der Waals surface area contributed by atoms with Crippen molar-refractivity contribution in [3.63, 3.8) is 0 Å². The van der Waals surface area contributed by atoms with E-state index in [-0.39, 0.29) is 17.9 Å². The van der Waals surface area contributed by atoms with E-state index in [0.29, 0.717) is 11.3 Å². The fraction of sp³-hybridized carbons (Fsp3) is 0.714. The molecule has 0 N–H and O–H groups in total. The molecule has 0 aromatic heterocycles. The monoisotopic (exact) mass is 235 g/mol. The fourth-order valence-electron chi connectivity index (χ4n) is 3.11. The normalized spacial score (nSPS) is 29.5. The van der Waals surface area contributed by atoms with Crippen LogP contribution in [0.1, 0.15) is 46.5 Å². The van der Waals surface area contributed by atoms with Crippen LogP contribution in [0.5, 0.6) is 0 Å². The average Bonchev–Trinajstić information content (AvgIpc) is 2.71. The van der Waals surface area contributed by atoms with E-state index in [2.05, 4.69) is 20.8 Å². The molecule has 3 heteroatoms. The molecule has 1 heterocycles. The highest BCUT2D eigenvalue weighted by atomic mass is 16.2. The van der Waals surface area contributed by atoms with Crippen molar-refractivity contribution in [3.8, 4) is 0 Å². The molecular formula is C14H21NO2. The summed E-state index contributed by atoms with van der Waals surface area (Å²) in [6, 6.07) is 0.136. The molecule has 17 heavy (non-hydrogen) atoms. The largest absolute Gasteiger partial charge is 0.272 e. The predicted octanol–water partition coefficient (Wildman–Crippen LogP) is 2.52. The molecule has 1 aliphatic carbocycles. The van der Waals surface area contributed by atoms with Crippen molar-refractivity contribution in [2.45, 2.75) is 52.5 Å². The summed E-state index contributed by atoms with van der Waals surface area (Å²) in [6.07, 6.45) is 7.04. The Morgan fingerprint density at radius 1 is 1.18 bits per heavy atom. The minimum absolute atomic E-state index is 0.128. The third kappa shape index (κ3) is 2.76. The molecule has 2 aliphatic rings. The molecule has 0 saturated heterocycles. The van der Waals surface area contributed by atoms with Crippen molar-refractivity contribution in [1.29, 1.82) is 0 Å². The smallest absolute Gasteiger partial charge is 0.253 e. The molecule has 2 atom stereocenters. The zero-order valence-electron chi connectivity index (χ0n) is 10.9. The number of hydrogen-bond acceptors (Lipinski definition) is 2. The zero-order valence-corrected chi connectivity index (χ0v) is 10.9. The van der Waals surface area contributed by atoms with E-state index in [0.717, 1.165) is 19.3 Å². The van der Waals surface area contributed by atoms with Gasteiger partial charge in [0.1, 0.15) is 0 Å². The Labute approximate surface area is 103 Å². The molecular weight excluding hydrogens is 214 g/mol. The molecule has 0 radical (unpaired) electrons. The van der Waals surface area contributed by atoms with Crippen LogP contribution in [-0.4, -0.2) is 22.8 Å². The van der Waals surface area contributed by atoms with E-state index in [1.54, 1.807) is 0 Å². The van der Waals surface area contributed by atoms with Crippen LogP contribution >= 0.6 is 0 Å². The number of carbonyl (C=O) groups excluding carboxylic acids is 2. The molecule has 1 aliphatic heterocycles. The number of amides is 2. The van der Waals surface area contributed by atoms with Crippen LogP contribution in [0.3, 0.4) is 0 Å². The van der Waals surface area contributed by atoms with Gasteiger partial charge in [-0.05, 0) is 37.0 Å². The Morgan fingerprint density at radius 3 is 2.29 bits per heavy atom. The third-order valence-corrected chi connectivity index (χ3v) is 3.62. The Hall–Kier alpha value is -1.12. The van der Waals surface area contributed by atoms with Crippen molar-refractivity contribution in [2.24, 2.45) is 11.3 Å². The van der Waals surface area contributed by atoms with Crippen molar-refractivity contribution in [1.82, 2.24) is 4.90 Å². The summed E-state index contributed by atoms with van der Waals surface area (Å²) in [5.41, 5.74) is 0.330. The van der Waals surface area contributed by atoms with Gasteiger partial charge in [0.05, 0.1) is 0 Å². The lowest BCUT2D eigenvalue weighted by atomic mass is 9.84. The second-order valence-corrected chi connectivity index (χ2v) is 6.48. The lowest BCUT2D eigenvalue weighted by Crippen LogP contribution is -2.38. The molecule has 0 aromatic rings. The number of rotatable bonds is 2. The first-order valence-corrected chi connectivity index (χ1v) is 6.42. The van der Waals surface area contributed by atoms with Gasteiger partial charge in [0, 0.05) is 18.2 Å². The molecule has 2 unspecified atom stereocenters. The van der Waals surface area contributed by atoms with Gasteiger partial charge in [-0.15, -0.1) is 0 Å². The molecule has 0 bridgehead atoms. The third-order valence-electron chi connectivity index (χ3n) is 3.62. The molecule has 2 amide bonds. The highest BCUT2D eigenvalue weighted by Crippen LogP contribution is 2.37. The molecule has 0 aromatic carbocycles. The number of imide groups is 1. The summed E-state index contributed by atoms with van der Waals surface area (Å²) in [5, 5.41) is 0. The Kier molecular flexibility index (Phi) is 3.11. The summed E-state index contributed by atoms with van der Waals surface area (Å²) in [7, 11) is 0. The van der Waals surface area contributed by atoms with Gasteiger partial charge in [0.2, 0.25) is 0 Å². The minimum atomic E-state index is -0.128. The lowest BCUT2D eigenvalue weighted by Gasteiger charge is -2.25. The van der Waals surface area contributed by atoms with Crippen LogP contribution in [0.15, 0.2) is 12.2 Å². The van der Waals surface area contributed by atoms with Crippen LogP contribution in [0.4, 0.5) is 0 Å². The SMILES string of the molecule is CC(C)(C)CC1CCC(N2C(=O)C=CC2=O)C1. The maximum atomic E-state index is 11.6. The van der Waals surface area contributed by atoms with Crippen LogP contribution in [0.25, 0.3) is 0 Å². The van der Waals surface area contributed by atoms with Gasteiger partial charge >= 0.3 is 0 Å². The van der Waals surface area contributed by atoms with Gasteiger partial charge in [-0.25, -0.2) is 0 Å². The predicted molar refractivity (Wildman–Crippen MR) is 66.2 cm³/mol. The van der Waals surface area contributed by atoms with Crippen molar-refractivity contribution >= 4 is 11.8 Å². The number of carbonyl (C=O) groups is 2. The van der Waals surface area contributed by atoms with Gasteiger partial charge in [-0.1, -0.05) is 20.8 Å². The van der Waals surface area contributed by atoms with Gasteiger partial charge in [0.25, 0.3) is 11.8 Å². The number of hydrogen-bond donors (Lipinski definition) is 0. The molecule has 1 saturated carbocycles. The van der Waals surface area contributed by atoms with Crippen LogP contribution < -0.4 is 0 Å². The lowest BCUT2D eigenvalue weighted by molar-refractivity contribution is -0.139. The van der Waals surface area contributed by atoms with Gasteiger partial charge < -0.3 is 0 Å². The Morgan fingerprint density at radius 2 is 1.76 bits per heavy atom. The van der Waals surface area contributed by atoms with Crippen molar-refractivity contribution in [3.05, 3.63) is 12.2 Å². The Bertz CT molecular complexity index is 347. The van der Waals surface area contributed by atoms with Gasteiger partial charge in [0.15, 0.2) is 0 Å². The first-order chi connectivity index (χ1) is 7.87. The van der Waals surface area contributed by atoms with E-state index in [1.165, 1.54) is 23.5 Å². The second-order valence-electron chi connectivity index (χ2n) is 6.48. The van der Waals surface area contributed by atoms with Crippen molar-refractivity contribution < 1.29 is 9.59 Å². The maximum absolute atomic E-state index is 11.6. The van der Waals surface area contributed by atoms with E-state index in [1.807, 2.05) is 0 Å². The van der Waals surface area contributed by atoms with Crippen LogP contribution in [-0.2, 0) is 9.59 Å². The minimum Gasteiger partial charge on any atom is -0.272 e. The quantitative estimate of drug-likeness (QED) is 0.690. The average molecular weight is 235 g/mol. The first-order valence-electron chi connectivity index (χ1n) is 6.42. The fourth-order valence-corrected chi connectivity index (χ4v) is 3.11. The first kappa shape index (κ1) is 12.3. The Balaban J connectivity index is 1.94. The molecule has 94 valence electrons. The highest BCUT2D eigenvalue weighted by molar-refractivity contribution is 6.13.